The lowest BCUT2D eigenvalue weighted by Gasteiger charge is -2.24. The first-order chi connectivity index (χ1) is 9.73. The lowest BCUT2D eigenvalue weighted by molar-refractivity contribution is -0.121. The number of benzene rings is 1. The number of sulfone groups is 1. The van der Waals surface area contributed by atoms with Gasteiger partial charge in [-0.2, -0.15) is 0 Å². The molecule has 0 radical (unpaired) electrons. The molecule has 0 spiro atoms. The van der Waals surface area contributed by atoms with E-state index < -0.39 is 15.4 Å². The molecular weight excluding hydrogens is 290 g/mol. The number of carbonyl (C=O) groups excluding carboxylic acids is 1. The van der Waals surface area contributed by atoms with Gasteiger partial charge in [-0.25, -0.2) is 8.42 Å². The number of methoxy groups -OCH3 is 1. The maximum atomic E-state index is 12.1. The van der Waals surface area contributed by atoms with Crippen molar-refractivity contribution in [2.75, 3.05) is 18.6 Å². The molecule has 0 saturated carbocycles. The summed E-state index contributed by atoms with van der Waals surface area (Å²) in [5, 5.41) is 2.85. The molecule has 116 valence electrons. The maximum Gasteiger partial charge on any atom is 0.224 e. The fraction of sp³-hybridized carbons (Fsp3) is 0.533. The molecule has 1 atom stereocenters. The van der Waals surface area contributed by atoms with E-state index in [-0.39, 0.29) is 23.8 Å². The average Bonchev–Trinajstić information content (AvgIpc) is 2.65. The minimum absolute atomic E-state index is 0.0168. The zero-order valence-electron chi connectivity index (χ0n) is 12.6. The Morgan fingerprint density at radius 2 is 2.14 bits per heavy atom. The van der Waals surface area contributed by atoms with Crippen LogP contribution in [0.5, 0.6) is 5.75 Å². The molecule has 1 aliphatic heterocycles. The van der Waals surface area contributed by atoms with Gasteiger partial charge in [0, 0.05) is 0 Å². The fourth-order valence-electron chi connectivity index (χ4n) is 2.65. The quantitative estimate of drug-likeness (QED) is 0.908. The minimum atomic E-state index is -3.02. The molecule has 2 rings (SSSR count). The Morgan fingerprint density at radius 1 is 1.43 bits per heavy atom. The van der Waals surface area contributed by atoms with Crippen LogP contribution in [0.3, 0.4) is 0 Å². The maximum absolute atomic E-state index is 12.1. The van der Waals surface area contributed by atoms with E-state index in [0.29, 0.717) is 6.42 Å². The number of hydrogen-bond acceptors (Lipinski definition) is 4. The Labute approximate surface area is 125 Å². The van der Waals surface area contributed by atoms with Crippen LogP contribution in [-0.4, -0.2) is 38.5 Å². The van der Waals surface area contributed by atoms with Crippen molar-refractivity contribution in [1.29, 1.82) is 0 Å². The Morgan fingerprint density at radius 3 is 2.71 bits per heavy atom. The van der Waals surface area contributed by atoms with E-state index in [1.54, 1.807) is 14.0 Å². The van der Waals surface area contributed by atoms with Crippen LogP contribution in [0.1, 0.15) is 24.5 Å². The zero-order chi connectivity index (χ0) is 15.7. The van der Waals surface area contributed by atoms with E-state index in [0.717, 1.165) is 16.9 Å². The predicted octanol–water partition coefficient (Wildman–Crippen LogP) is 1.24. The summed E-state index contributed by atoms with van der Waals surface area (Å²) in [6.45, 7) is 3.72. The molecule has 21 heavy (non-hydrogen) atoms. The normalized spacial score (nSPS) is 23.8. The first kappa shape index (κ1) is 15.8. The van der Waals surface area contributed by atoms with E-state index in [9.17, 15) is 13.2 Å². The topological polar surface area (TPSA) is 72.5 Å². The van der Waals surface area contributed by atoms with Crippen molar-refractivity contribution in [2.24, 2.45) is 0 Å². The van der Waals surface area contributed by atoms with Crippen molar-refractivity contribution < 1.29 is 17.9 Å². The highest BCUT2D eigenvalue weighted by Gasteiger charge is 2.39. The number of carbonyl (C=O) groups is 1. The molecular formula is C15H21NO4S. The van der Waals surface area contributed by atoms with E-state index in [1.165, 1.54) is 0 Å². The molecule has 1 aromatic rings. The largest absolute Gasteiger partial charge is 0.496 e. The van der Waals surface area contributed by atoms with Crippen molar-refractivity contribution in [1.82, 2.24) is 5.32 Å². The van der Waals surface area contributed by atoms with Gasteiger partial charge in [0.2, 0.25) is 5.91 Å². The molecule has 1 aromatic carbocycles. The summed E-state index contributed by atoms with van der Waals surface area (Å²) in [7, 11) is -1.43. The number of hydrogen-bond donors (Lipinski definition) is 1. The third-order valence-electron chi connectivity index (χ3n) is 3.78. The van der Waals surface area contributed by atoms with E-state index >= 15 is 0 Å². The molecule has 1 saturated heterocycles. The lowest BCUT2D eigenvalue weighted by Crippen LogP contribution is -2.47. The molecule has 0 bridgehead atoms. The first-order valence-electron chi connectivity index (χ1n) is 6.88. The predicted molar refractivity (Wildman–Crippen MR) is 81.3 cm³/mol. The number of ether oxygens (including phenoxy) is 1. The van der Waals surface area contributed by atoms with Crippen molar-refractivity contribution in [3.63, 3.8) is 0 Å². The minimum Gasteiger partial charge on any atom is -0.496 e. The van der Waals surface area contributed by atoms with Crippen LogP contribution in [0.25, 0.3) is 0 Å². The molecule has 1 unspecified atom stereocenters. The first-order valence-corrected chi connectivity index (χ1v) is 8.70. The number of aryl methyl sites for hydroxylation is 1. The Kier molecular flexibility index (Phi) is 4.27. The third kappa shape index (κ3) is 3.97. The van der Waals surface area contributed by atoms with Crippen LogP contribution in [0, 0.1) is 6.92 Å². The van der Waals surface area contributed by atoms with Crippen molar-refractivity contribution in [3.05, 3.63) is 29.3 Å². The summed E-state index contributed by atoms with van der Waals surface area (Å²) in [6, 6.07) is 5.62. The zero-order valence-corrected chi connectivity index (χ0v) is 13.4. The third-order valence-corrected chi connectivity index (χ3v) is 5.68. The van der Waals surface area contributed by atoms with Gasteiger partial charge in [0.25, 0.3) is 0 Å². The Balaban J connectivity index is 2.02. The van der Waals surface area contributed by atoms with Crippen LogP contribution in [0.4, 0.5) is 0 Å². The smallest absolute Gasteiger partial charge is 0.224 e. The summed E-state index contributed by atoms with van der Waals surface area (Å²) in [4.78, 5) is 12.1. The summed E-state index contributed by atoms with van der Waals surface area (Å²) in [6.07, 6.45) is 0.685. The van der Waals surface area contributed by atoms with Crippen molar-refractivity contribution in [3.8, 4) is 5.75 Å². The molecule has 0 aromatic heterocycles. The Hall–Kier alpha value is -1.56. The molecule has 0 aliphatic carbocycles. The van der Waals surface area contributed by atoms with Crippen molar-refractivity contribution in [2.45, 2.75) is 32.2 Å². The van der Waals surface area contributed by atoms with Crippen LogP contribution in [-0.2, 0) is 21.1 Å². The van der Waals surface area contributed by atoms with Gasteiger partial charge in [-0.3, -0.25) is 4.79 Å². The van der Waals surface area contributed by atoms with Gasteiger partial charge in [-0.15, -0.1) is 0 Å². The van der Waals surface area contributed by atoms with Gasteiger partial charge in [0.1, 0.15) is 5.75 Å². The highest BCUT2D eigenvalue weighted by molar-refractivity contribution is 7.91. The standard InChI is InChI=1S/C15H21NO4S/c1-11-4-5-12(8-13(11)20-3)9-14(17)16-15(2)6-7-21(18,19)10-15/h4-5,8H,6-7,9-10H2,1-3H3,(H,16,17). The summed E-state index contributed by atoms with van der Waals surface area (Å²) in [5.41, 5.74) is 1.21. The number of amides is 1. The van der Waals surface area contributed by atoms with Crippen LogP contribution in [0.15, 0.2) is 18.2 Å². The molecule has 1 amide bonds. The van der Waals surface area contributed by atoms with Crippen LogP contribution in [0.2, 0.25) is 0 Å². The molecule has 1 N–H and O–H groups in total. The van der Waals surface area contributed by atoms with Gasteiger partial charge in [0.15, 0.2) is 9.84 Å². The van der Waals surface area contributed by atoms with E-state index in [1.807, 2.05) is 25.1 Å². The van der Waals surface area contributed by atoms with Gasteiger partial charge >= 0.3 is 0 Å². The molecule has 1 aliphatic rings. The second-order valence-corrected chi connectivity index (χ2v) is 8.12. The van der Waals surface area contributed by atoms with E-state index in [2.05, 4.69) is 5.32 Å². The molecule has 1 fully saturated rings. The lowest BCUT2D eigenvalue weighted by atomic mass is 10.0. The monoisotopic (exact) mass is 311 g/mol. The number of rotatable bonds is 4. The van der Waals surface area contributed by atoms with Crippen molar-refractivity contribution >= 4 is 15.7 Å². The second-order valence-electron chi connectivity index (χ2n) is 5.93. The highest BCUT2D eigenvalue weighted by atomic mass is 32.2. The molecule has 1 heterocycles. The van der Waals surface area contributed by atoms with Gasteiger partial charge in [-0.05, 0) is 37.5 Å². The molecule has 5 nitrogen and oxygen atoms in total. The molecule has 6 heteroatoms. The van der Waals surface area contributed by atoms with Gasteiger partial charge in [0.05, 0.1) is 30.6 Å². The van der Waals surface area contributed by atoms with Gasteiger partial charge in [-0.1, -0.05) is 12.1 Å². The highest BCUT2D eigenvalue weighted by Crippen LogP contribution is 2.23. The SMILES string of the molecule is COc1cc(CC(=O)NC2(C)CCS(=O)(=O)C2)ccc1C. The second kappa shape index (κ2) is 5.67. The number of nitrogens with one attached hydrogen (secondary N) is 1. The Bertz CT molecular complexity index is 654. The van der Waals surface area contributed by atoms with E-state index in [4.69, 9.17) is 4.74 Å². The average molecular weight is 311 g/mol. The van der Waals surface area contributed by atoms with Gasteiger partial charge < -0.3 is 10.1 Å². The van der Waals surface area contributed by atoms with Crippen LogP contribution < -0.4 is 10.1 Å². The fourth-order valence-corrected chi connectivity index (χ4v) is 4.74. The summed E-state index contributed by atoms with van der Waals surface area (Å²) in [5.74, 6) is 0.737. The van der Waals surface area contributed by atoms with Crippen LogP contribution >= 0.6 is 0 Å². The summed E-state index contributed by atoms with van der Waals surface area (Å²) < 4.78 is 28.3. The summed E-state index contributed by atoms with van der Waals surface area (Å²) >= 11 is 0.